The number of carbonyl (C=O) groups excluding carboxylic acids is 2. The summed E-state index contributed by atoms with van der Waals surface area (Å²) < 4.78 is 66.2. The zero-order chi connectivity index (χ0) is 23.4. The molecule has 4 N–H and O–H groups in total. The molecule has 0 bridgehead atoms. The Morgan fingerprint density at radius 1 is 0.871 bits per heavy atom. The molecule has 0 aliphatic heterocycles. The SMILES string of the molecule is CC(=O)Nc1ccc(C=Cc2ccc(NC(=O)CI)cc2S(=O)(=O)O)c(S(=O)(=O)O)c1. The fourth-order valence-corrected chi connectivity index (χ4v) is 4.13. The van der Waals surface area contributed by atoms with Crippen LogP contribution in [0.25, 0.3) is 12.2 Å². The Morgan fingerprint density at radius 2 is 1.29 bits per heavy atom. The molecule has 0 radical (unpaired) electrons. The number of benzene rings is 2. The first-order chi connectivity index (χ1) is 14.3. The van der Waals surface area contributed by atoms with E-state index < -0.39 is 35.9 Å². The zero-order valence-electron chi connectivity index (χ0n) is 15.9. The monoisotopic (exact) mass is 580 g/mol. The van der Waals surface area contributed by atoms with Gasteiger partial charge < -0.3 is 10.6 Å². The number of hydrogen-bond acceptors (Lipinski definition) is 6. The summed E-state index contributed by atoms with van der Waals surface area (Å²) in [6.07, 6.45) is 2.43. The molecule has 2 aromatic carbocycles. The Labute approximate surface area is 192 Å². The third kappa shape index (κ3) is 7.10. The van der Waals surface area contributed by atoms with E-state index in [1.807, 2.05) is 22.6 Å². The summed E-state index contributed by atoms with van der Waals surface area (Å²) in [5.41, 5.74) is 0.276. The Bertz CT molecular complexity index is 1270. The van der Waals surface area contributed by atoms with Crippen LogP contribution < -0.4 is 10.6 Å². The summed E-state index contributed by atoms with van der Waals surface area (Å²) in [6, 6.07) is 7.50. The minimum absolute atomic E-state index is 0.000168. The van der Waals surface area contributed by atoms with Gasteiger partial charge in [0, 0.05) is 18.3 Å². The lowest BCUT2D eigenvalue weighted by molar-refractivity contribution is -0.114. The average Bonchev–Trinajstić information content (AvgIpc) is 2.65. The Balaban J connectivity index is 2.54. The molecule has 0 saturated heterocycles. The molecule has 0 aliphatic rings. The van der Waals surface area contributed by atoms with Gasteiger partial charge in [0.05, 0.1) is 4.43 Å². The number of nitrogens with one attached hydrogen (secondary N) is 2. The van der Waals surface area contributed by atoms with Gasteiger partial charge in [-0.25, -0.2) is 0 Å². The Kier molecular flexibility index (Phi) is 7.93. The predicted octanol–water partition coefficient (Wildman–Crippen LogP) is 2.68. The standard InChI is InChI=1S/C18H17IN2O8S2/c1-11(22)20-14-6-4-12(16(8-14)30(24,25)26)2-3-13-5-7-15(21-18(23)10-19)9-17(13)31(27,28)29/h2-9H,10H2,1H3,(H,20,22)(H,21,23)(H,24,25,26)(H,27,28,29). The molecular weight excluding hydrogens is 563 g/mol. The smallest absolute Gasteiger partial charge is 0.295 e. The summed E-state index contributed by atoms with van der Waals surface area (Å²) in [4.78, 5) is 21.6. The molecule has 0 aliphatic carbocycles. The molecule has 13 heteroatoms. The van der Waals surface area contributed by atoms with Crippen molar-refractivity contribution in [2.45, 2.75) is 16.7 Å². The second-order valence-electron chi connectivity index (χ2n) is 6.15. The van der Waals surface area contributed by atoms with Crippen molar-refractivity contribution in [1.82, 2.24) is 0 Å². The van der Waals surface area contributed by atoms with E-state index in [1.165, 1.54) is 43.3 Å². The lowest BCUT2D eigenvalue weighted by Gasteiger charge is -2.09. The molecule has 0 fully saturated rings. The van der Waals surface area contributed by atoms with E-state index >= 15 is 0 Å². The van der Waals surface area contributed by atoms with Crippen LogP contribution in [0, 0.1) is 0 Å². The van der Waals surface area contributed by atoms with Gasteiger partial charge in [0.1, 0.15) is 9.79 Å². The lowest BCUT2D eigenvalue weighted by atomic mass is 10.1. The van der Waals surface area contributed by atoms with Gasteiger partial charge in [0.25, 0.3) is 20.2 Å². The highest BCUT2D eigenvalue weighted by Gasteiger charge is 2.18. The quantitative estimate of drug-likeness (QED) is 0.168. The van der Waals surface area contributed by atoms with Crippen molar-refractivity contribution in [3.8, 4) is 0 Å². The topological polar surface area (TPSA) is 167 Å². The van der Waals surface area contributed by atoms with E-state index in [1.54, 1.807) is 0 Å². The van der Waals surface area contributed by atoms with Gasteiger partial charge in [0.2, 0.25) is 11.8 Å². The van der Waals surface area contributed by atoms with Gasteiger partial charge in [-0.3, -0.25) is 18.7 Å². The van der Waals surface area contributed by atoms with E-state index in [4.69, 9.17) is 0 Å². The van der Waals surface area contributed by atoms with E-state index in [0.29, 0.717) is 0 Å². The van der Waals surface area contributed by atoms with Crippen LogP contribution in [0.2, 0.25) is 0 Å². The molecule has 166 valence electrons. The fraction of sp³-hybridized carbons (Fsp3) is 0.111. The van der Waals surface area contributed by atoms with E-state index in [-0.39, 0.29) is 32.8 Å². The molecule has 2 amide bonds. The molecule has 0 saturated carbocycles. The first-order valence-corrected chi connectivity index (χ1v) is 12.8. The lowest BCUT2D eigenvalue weighted by Crippen LogP contribution is -2.13. The van der Waals surface area contributed by atoms with E-state index in [9.17, 15) is 35.5 Å². The highest BCUT2D eigenvalue weighted by atomic mass is 127. The second kappa shape index (κ2) is 9.86. The largest absolute Gasteiger partial charge is 0.326 e. The molecule has 0 aromatic heterocycles. The van der Waals surface area contributed by atoms with Crippen LogP contribution in [0.5, 0.6) is 0 Å². The maximum Gasteiger partial charge on any atom is 0.295 e. The maximum atomic E-state index is 11.8. The van der Waals surface area contributed by atoms with Crippen molar-refractivity contribution in [3.05, 3.63) is 47.5 Å². The predicted molar refractivity (Wildman–Crippen MR) is 123 cm³/mol. The summed E-state index contributed by atoms with van der Waals surface area (Å²) in [5.74, 6) is -0.820. The van der Waals surface area contributed by atoms with Crippen molar-refractivity contribution >= 4 is 78.2 Å². The van der Waals surface area contributed by atoms with Gasteiger partial charge in [-0.2, -0.15) is 16.8 Å². The molecular formula is C18H17IN2O8S2. The minimum atomic E-state index is -4.68. The molecule has 2 aromatic rings. The third-order valence-electron chi connectivity index (χ3n) is 3.75. The van der Waals surface area contributed by atoms with Crippen LogP contribution in [0.1, 0.15) is 18.1 Å². The Hall–Kier alpha value is -2.33. The number of amides is 2. The molecule has 31 heavy (non-hydrogen) atoms. The van der Waals surface area contributed by atoms with Crippen molar-refractivity contribution < 1.29 is 35.5 Å². The highest BCUT2D eigenvalue weighted by Crippen LogP contribution is 2.26. The van der Waals surface area contributed by atoms with Gasteiger partial charge >= 0.3 is 0 Å². The van der Waals surface area contributed by atoms with Crippen LogP contribution in [-0.4, -0.2) is 42.2 Å². The van der Waals surface area contributed by atoms with E-state index in [2.05, 4.69) is 10.6 Å². The number of carbonyl (C=O) groups is 2. The normalized spacial score (nSPS) is 12.0. The molecule has 0 spiro atoms. The minimum Gasteiger partial charge on any atom is -0.326 e. The van der Waals surface area contributed by atoms with E-state index in [0.717, 1.165) is 12.1 Å². The summed E-state index contributed by atoms with van der Waals surface area (Å²) in [5, 5.41) is 4.85. The number of anilines is 2. The Morgan fingerprint density at radius 3 is 1.65 bits per heavy atom. The second-order valence-corrected chi connectivity index (χ2v) is 9.69. The molecule has 2 rings (SSSR count). The average molecular weight is 580 g/mol. The number of halogens is 1. The van der Waals surface area contributed by atoms with Crippen LogP contribution in [0.4, 0.5) is 11.4 Å². The summed E-state index contributed by atoms with van der Waals surface area (Å²) >= 11 is 1.83. The van der Waals surface area contributed by atoms with Gasteiger partial charge in [-0.15, -0.1) is 0 Å². The molecule has 0 atom stereocenters. The van der Waals surface area contributed by atoms with Crippen molar-refractivity contribution in [2.24, 2.45) is 0 Å². The van der Waals surface area contributed by atoms with Gasteiger partial charge in [-0.1, -0.05) is 46.9 Å². The number of alkyl halides is 1. The summed E-state index contributed by atoms with van der Waals surface area (Å²) in [6.45, 7) is 1.23. The number of hydrogen-bond donors (Lipinski definition) is 4. The molecule has 10 nitrogen and oxygen atoms in total. The van der Waals surface area contributed by atoms with Crippen molar-refractivity contribution in [1.29, 1.82) is 0 Å². The first-order valence-electron chi connectivity index (χ1n) is 8.36. The van der Waals surface area contributed by atoms with Crippen molar-refractivity contribution in [2.75, 3.05) is 15.1 Å². The zero-order valence-corrected chi connectivity index (χ0v) is 19.7. The third-order valence-corrected chi connectivity index (χ3v) is 6.26. The number of rotatable bonds is 7. The van der Waals surface area contributed by atoms with Gasteiger partial charge in [0.15, 0.2) is 0 Å². The molecule has 0 unspecified atom stereocenters. The fourth-order valence-electron chi connectivity index (χ4n) is 2.52. The van der Waals surface area contributed by atoms with Crippen LogP contribution in [0.3, 0.4) is 0 Å². The van der Waals surface area contributed by atoms with Crippen molar-refractivity contribution in [3.63, 3.8) is 0 Å². The van der Waals surface area contributed by atoms with Gasteiger partial charge in [-0.05, 0) is 35.4 Å². The van der Waals surface area contributed by atoms with Crippen LogP contribution in [0.15, 0.2) is 46.2 Å². The maximum absolute atomic E-state index is 11.8. The highest BCUT2D eigenvalue weighted by molar-refractivity contribution is 14.1. The van der Waals surface area contributed by atoms with Crippen LogP contribution >= 0.6 is 22.6 Å². The first kappa shape index (κ1) is 24.9. The molecule has 0 heterocycles. The van der Waals surface area contributed by atoms with Crippen LogP contribution in [-0.2, 0) is 29.8 Å². The summed E-state index contributed by atoms with van der Waals surface area (Å²) in [7, 11) is -9.36.